The summed E-state index contributed by atoms with van der Waals surface area (Å²) in [6, 6.07) is 6.38. The Morgan fingerprint density at radius 2 is 2.20 bits per heavy atom. The number of benzene rings is 1. The van der Waals surface area contributed by atoms with Crippen molar-refractivity contribution >= 4 is 11.7 Å². The van der Waals surface area contributed by atoms with E-state index in [2.05, 4.69) is 28.6 Å². The van der Waals surface area contributed by atoms with Crippen LogP contribution in [0.25, 0.3) is 0 Å². The lowest BCUT2D eigenvalue weighted by Gasteiger charge is -2.09. The Balaban J connectivity index is 1.77. The Hall–Kier alpha value is -2.30. The number of nitrogens with one attached hydrogen (secondary N) is 1. The van der Waals surface area contributed by atoms with Gasteiger partial charge in [0, 0.05) is 12.7 Å². The van der Waals surface area contributed by atoms with Gasteiger partial charge in [-0.2, -0.15) is 5.10 Å². The van der Waals surface area contributed by atoms with Crippen LogP contribution >= 0.6 is 0 Å². The number of rotatable bonds is 4. The van der Waals surface area contributed by atoms with Gasteiger partial charge in [0.15, 0.2) is 0 Å². The number of aromatic nitrogens is 2. The van der Waals surface area contributed by atoms with E-state index in [4.69, 9.17) is 5.11 Å². The average molecular weight is 271 g/mol. The second-order valence-electron chi connectivity index (χ2n) is 5.12. The first-order chi connectivity index (χ1) is 9.65. The van der Waals surface area contributed by atoms with E-state index >= 15 is 0 Å². The molecule has 0 fully saturated rings. The zero-order chi connectivity index (χ0) is 14.1. The number of nitrogens with zero attached hydrogens (tertiary/aromatic N) is 2. The van der Waals surface area contributed by atoms with Crippen LogP contribution in [0.5, 0.6) is 0 Å². The fraction of sp³-hybridized carbons (Fsp3) is 0.333. The van der Waals surface area contributed by atoms with Crippen LogP contribution in [0.15, 0.2) is 24.4 Å². The minimum Gasteiger partial charge on any atom is -0.478 e. The largest absolute Gasteiger partial charge is 0.478 e. The SMILES string of the molecule is Cn1ncc(C(=O)O)c1CNc1ccc2c(c1)CCC2. The van der Waals surface area contributed by atoms with Crippen LogP contribution in [0.4, 0.5) is 5.69 Å². The van der Waals surface area contributed by atoms with Crippen molar-refractivity contribution in [2.75, 3.05) is 5.32 Å². The maximum Gasteiger partial charge on any atom is 0.339 e. The van der Waals surface area contributed by atoms with E-state index in [1.54, 1.807) is 11.7 Å². The molecule has 1 aliphatic carbocycles. The van der Waals surface area contributed by atoms with Gasteiger partial charge in [-0.25, -0.2) is 4.79 Å². The number of carbonyl (C=O) groups is 1. The summed E-state index contributed by atoms with van der Waals surface area (Å²) < 4.78 is 1.60. The first-order valence-electron chi connectivity index (χ1n) is 6.75. The summed E-state index contributed by atoms with van der Waals surface area (Å²) in [4.78, 5) is 11.1. The van der Waals surface area contributed by atoms with E-state index in [1.165, 1.54) is 30.2 Å². The van der Waals surface area contributed by atoms with Crippen molar-refractivity contribution in [3.05, 3.63) is 46.8 Å². The van der Waals surface area contributed by atoms with Gasteiger partial charge in [0.05, 0.1) is 18.4 Å². The second-order valence-corrected chi connectivity index (χ2v) is 5.12. The standard InChI is InChI=1S/C15H17N3O2/c1-18-14(13(8-17-18)15(19)20)9-16-12-6-5-10-3-2-4-11(10)7-12/h5-8,16H,2-4,9H2,1H3,(H,19,20). The predicted molar refractivity (Wildman–Crippen MR) is 76.0 cm³/mol. The van der Waals surface area contributed by atoms with Crippen LogP contribution in [-0.4, -0.2) is 20.9 Å². The highest BCUT2D eigenvalue weighted by molar-refractivity contribution is 5.88. The molecular formula is C15H17N3O2. The predicted octanol–water partition coefficient (Wildman–Crippen LogP) is 2.22. The van der Waals surface area contributed by atoms with Gasteiger partial charge in [0.1, 0.15) is 5.56 Å². The minimum absolute atomic E-state index is 0.251. The number of fused-ring (bicyclic) bond motifs is 1. The molecule has 1 aromatic carbocycles. The van der Waals surface area contributed by atoms with Crippen LogP contribution < -0.4 is 5.32 Å². The third kappa shape index (κ3) is 2.27. The van der Waals surface area contributed by atoms with Gasteiger partial charge in [0.2, 0.25) is 0 Å². The molecule has 0 radical (unpaired) electrons. The van der Waals surface area contributed by atoms with Gasteiger partial charge < -0.3 is 10.4 Å². The van der Waals surface area contributed by atoms with Gasteiger partial charge in [0.25, 0.3) is 0 Å². The average Bonchev–Trinajstić information content (AvgIpc) is 3.02. The smallest absolute Gasteiger partial charge is 0.339 e. The van der Waals surface area contributed by atoms with E-state index < -0.39 is 5.97 Å². The molecule has 5 heteroatoms. The third-order valence-electron chi connectivity index (χ3n) is 3.85. The molecule has 20 heavy (non-hydrogen) atoms. The van der Waals surface area contributed by atoms with E-state index in [1.807, 2.05) is 0 Å². The molecule has 0 bridgehead atoms. The molecule has 0 aliphatic heterocycles. The molecule has 0 saturated heterocycles. The molecule has 3 rings (SSSR count). The summed E-state index contributed by atoms with van der Waals surface area (Å²) >= 11 is 0. The number of hydrogen-bond donors (Lipinski definition) is 2. The van der Waals surface area contributed by atoms with Gasteiger partial charge in [-0.3, -0.25) is 4.68 Å². The molecule has 0 unspecified atom stereocenters. The Kier molecular flexibility index (Phi) is 3.18. The molecule has 1 heterocycles. The number of hydrogen-bond acceptors (Lipinski definition) is 3. The number of aryl methyl sites for hydroxylation is 3. The van der Waals surface area contributed by atoms with Gasteiger partial charge >= 0.3 is 5.97 Å². The molecule has 2 N–H and O–H groups in total. The van der Waals surface area contributed by atoms with E-state index in [-0.39, 0.29) is 5.56 Å². The van der Waals surface area contributed by atoms with Crippen molar-refractivity contribution in [1.29, 1.82) is 0 Å². The van der Waals surface area contributed by atoms with E-state index in [0.29, 0.717) is 12.2 Å². The number of carboxylic acid groups (broad SMARTS) is 1. The van der Waals surface area contributed by atoms with Crippen molar-refractivity contribution in [1.82, 2.24) is 9.78 Å². The van der Waals surface area contributed by atoms with Crippen molar-refractivity contribution in [2.24, 2.45) is 7.05 Å². The molecule has 1 aromatic heterocycles. The lowest BCUT2D eigenvalue weighted by molar-refractivity contribution is 0.0695. The normalized spacial score (nSPS) is 13.2. The Morgan fingerprint density at radius 1 is 1.40 bits per heavy atom. The molecule has 0 saturated carbocycles. The zero-order valence-corrected chi connectivity index (χ0v) is 11.4. The van der Waals surface area contributed by atoms with Crippen molar-refractivity contribution in [3.8, 4) is 0 Å². The number of carboxylic acids is 1. The Bertz CT molecular complexity index is 661. The second kappa shape index (κ2) is 5.00. The topological polar surface area (TPSA) is 67.2 Å². The van der Waals surface area contributed by atoms with E-state index in [9.17, 15) is 4.79 Å². The van der Waals surface area contributed by atoms with Gasteiger partial charge in [-0.15, -0.1) is 0 Å². The summed E-state index contributed by atoms with van der Waals surface area (Å²) in [5, 5.41) is 16.4. The molecule has 0 atom stereocenters. The molecule has 1 aliphatic rings. The fourth-order valence-corrected chi connectivity index (χ4v) is 2.72. The summed E-state index contributed by atoms with van der Waals surface area (Å²) in [6.45, 7) is 0.455. The first-order valence-corrected chi connectivity index (χ1v) is 6.75. The molecule has 0 amide bonds. The molecule has 104 valence electrons. The van der Waals surface area contributed by atoms with Crippen LogP contribution in [0, 0.1) is 0 Å². The lowest BCUT2D eigenvalue weighted by Crippen LogP contribution is -2.10. The maximum atomic E-state index is 11.1. The highest BCUT2D eigenvalue weighted by Crippen LogP contribution is 2.25. The molecule has 5 nitrogen and oxygen atoms in total. The zero-order valence-electron chi connectivity index (χ0n) is 11.4. The van der Waals surface area contributed by atoms with E-state index in [0.717, 1.165) is 12.1 Å². The highest BCUT2D eigenvalue weighted by Gasteiger charge is 2.15. The quantitative estimate of drug-likeness (QED) is 0.894. The molecule has 0 spiro atoms. The minimum atomic E-state index is -0.941. The van der Waals surface area contributed by atoms with Crippen molar-refractivity contribution in [2.45, 2.75) is 25.8 Å². The molecule has 2 aromatic rings. The summed E-state index contributed by atoms with van der Waals surface area (Å²) in [7, 11) is 1.76. The van der Waals surface area contributed by atoms with Crippen LogP contribution in [0.2, 0.25) is 0 Å². The Labute approximate surface area is 117 Å². The highest BCUT2D eigenvalue weighted by atomic mass is 16.4. The van der Waals surface area contributed by atoms with Crippen molar-refractivity contribution < 1.29 is 9.90 Å². The van der Waals surface area contributed by atoms with Crippen molar-refractivity contribution in [3.63, 3.8) is 0 Å². The van der Waals surface area contributed by atoms with Crippen LogP contribution in [-0.2, 0) is 26.4 Å². The van der Waals surface area contributed by atoms with Crippen LogP contribution in [0.1, 0.15) is 33.6 Å². The third-order valence-corrected chi connectivity index (χ3v) is 3.85. The van der Waals surface area contributed by atoms with Gasteiger partial charge in [-0.1, -0.05) is 6.07 Å². The summed E-state index contributed by atoms with van der Waals surface area (Å²) in [6.07, 6.45) is 4.92. The van der Waals surface area contributed by atoms with Gasteiger partial charge in [-0.05, 0) is 42.5 Å². The van der Waals surface area contributed by atoms with Crippen LogP contribution in [0.3, 0.4) is 0 Å². The number of aromatic carboxylic acids is 1. The lowest BCUT2D eigenvalue weighted by atomic mass is 10.1. The monoisotopic (exact) mass is 271 g/mol. The summed E-state index contributed by atoms with van der Waals surface area (Å²) in [5.74, 6) is -0.941. The number of anilines is 1. The Morgan fingerprint density at radius 3 is 3.00 bits per heavy atom. The fourth-order valence-electron chi connectivity index (χ4n) is 2.72. The maximum absolute atomic E-state index is 11.1. The first kappa shape index (κ1) is 12.7. The molecular weight excluding hydrogens is 254 g/mol. The summed E-state index contributed by atoms with van der Waals surface area (Å²) in [5.41, 5.74) is 4.79.